The lowest BCUT2D eigenvalue weighted by atomic mass is 9.65. The fourth-order valence-electron chi connectivity index (χ4n) is 8.24. The van der Waals surface area contributed by atoms with Crippen molar-refractivity contribution in [1.29, 1.82) is 0 Å². The Morgan fingerprint density at radius 2 is 1.37 bits per heavy atom. The fourth-order valence-corrected chi connectivity index (χ4v) is 8.24. The Morgan fingerprint density at radius 1 is 0.783 bits per heavy atom. The number of nitrogens with zero attached hydrogens (tertiary/aromatic N) is 1. The van der Waals surface area contributed by atoms with Gasteiger partial charge in [-0.15, -0.1) is 0 Å². The standard InChI is InChI=1S/C40H55NO.C2H6.CH4O/c1-4-6-18-31-41-36-24-12-10-22-34(36)40(29-16-9-17-30-40)38(41)26-20-21-33(3)39(27-14-8-15-28-39)35-23-11-13-25-37(35)42-32-19-7-5-2;2*1-2/h10-13,20-26H,3-9,14-19,27-32H2,1-2H3;1-2H3;2H,1H3/p+1/b21-20+,38-26-;;. The molecule has 2 saturated carbocycles. The minimum Gasteiger partial charge on any atom is -0.582 e. The highest BCUT2D eigenvalue weighted by Crippen LogP contribution is 2.55. The predicted octanol–water partition coefficient (Wildman–Crippen LogP) is 11.9. The van der Waals surface area contributed by atoms with E-state index in [-0.39, 0.29) is 10.8 Å². The van der Waals surface area contributed by atoms with E-state index in [0.717, 1.165) is 20.3 Å². The molecule has 2 aromatic carbocycles. The van der Waals surface area contributed by atoms with Crippen LogP contribution in [0.3, 0.4) is 0 Å². The molecule has 1 heterocycles. The van der Waals surface area contributed by atoms with Crippen molar-refractivity contribution in [3.05, 3.63) is 95.7 Å². The van der Waals surface area contributed by atoms with Crippen molar-refractivity contribution in [3.63, 3.8) is 0 Å². The molecule has 254 valence electrons. The third-order valence-electron chi connectivity index (χ3n) is 10.5. The van der Waals surface area contributed by atoms with E-state index in [4.69, 9.17) is 16.4 Å². The van der Waals surface area contributed by atoms with Gasteiger partial charge in [-0.05, 0) is 67.9 Å². The predicted molar refractivity (Wildman–Crippen MR) is 201 cm³/mol. The minimum absolute atomic E-state index is 0.0138. The van der Waals surface area contributed by atoms with E-state index in [1.54, 1.807) is 5.56 Å². The molecule has 0 unspecified atom stereocenters. The average molecular weight is 629 g/mol. The average Bonchev–Trinajstić information content (AvgIpc) is 3.36. The molecule has 3 heteroatoms. The Hall–Kier alpha value is -2.78. The first-order chi connectivity index (χ1) is 22.7. The van der Waals surface area contributed by atoms with Crippen LogP contribution in [0.15, 0.2) is 84.6 Å². The summed E-state index contributed by atoms with van der Waals surface area (Å²) in [4.78, 5) is 2.68. The van der Waals surface area contributed by atoms with E-state index in [2.05, 4.69) is 85.5 Å². The molecule has 0 atom stereocenters. The molecule has 2 aromatic rings. The summed E-state index contributed by atoms with van der Waals surface area (Å²) in [6.45, 7) is 15.4. The zero-order valence-electron chi connectivity index (χ0n) is 30.1. The number of ether oxygens (including phenoxy) is 1. The van der Waals surface area contributed by atoms with Crippen molar-refractivity contribution in [2.45, 2.75) is 141 Å². The number of para-hydroxylation sites is 2. The highest BCUT2D eigenvalue weighted by molar-refractivity contribution is 5.71. The molecule has 0 saturated heterocycles. The summed E-state index contributed by atoms with van der Waals surface area (Å²) in [6.07, 6.45) is 27.4. The summed E-state index contributed by atoms with van der Waals surface area (Å²) in [5, 5.41) is 7.00. The molecule has 1 aliphatic heterocycles. The first kappa shape index (κ1) is 37.7. The number of allylic oxidation sites excluding steroid dienone is 5. The minimum atomic E-state index is -0.0138. The third kappa shape index (κ3) is 8.57. The number of hydrogen-bond acceptors (Lipinski definition) is 2. The highest BCUT2D eigenvalue weighted by Gasteiger charge is 2.47. The maximum absolute atomic E-state index is 7.00. The van der Waals surface area contributed by atoms with E-state index < -0.39 is 0 Å². The van der Waals surface area contributed by atoms with Gasteiger partial charge in [0.25, 0.3) is 5.75 Å². The summed E-state index contributed by atoms with van der Waals surface area (Å²) in [6, 6.07) is 18.3. The topological polar surface area (TPSA) is 36.3 Å². The van der Waals surface area contributed by atoms with Crippen LogP contribution in [0.25, 0.3) is 0 Å². The van der Waals surface area contributed by atoms with E-state index >= 15 is 0 Å². The molecule has 46 heavy (non-hydrogen) atoms. The number of unbranched alkanes of at least 4 members (excludes halogenated alkanes) is 4. The molecule has 0 bridgehead atoms. The molecule has 2 aliphatic carbocycles. The Morgan fingerprint density at radius 3 is 2.04 bits per heavy atom. The van der Waals surface area contributed by atoms with Crippen LogP contribution in [-0.2, 0) is 10.8 Å². The normalized spacial score (nSPS) is 18.8. The second-order valence-electron chi connectivity index (χ2n) is 13.2. The van der Waals surface area contributed by atoms with Crippen molar-refractivity contribution in [2.24, 2.45) is 0 Å². The lowest BCUT2D eigenvalue weighted by Crippen LogP contribution is -2.33. The smallest absolute Gasteiger partial charge is 0.258 e. The highest BCUT2D eigenvalue weighted by atomic mass is 16.5. The van der Waals surface area contributed by atoms with Crippen molar-refractivity contribution in [2.75, 3.05) is 25.2 Å². The van der Waals surface area contributed by atoms with Gasteiger partial charge in [-0.25, -0.2) is 0 Å². The van der Waals surface area contributed by atoms with Gasteiger partial charge in [0.1, 0.15) is 0 Å². The van der Waals surface area contributed by atoms with E-state index in [1.807, 2.05) is 13.8 Å². The molecule has 3 aliphatic rings. The van der Waals surface area contributed by atoms with Gasteiger partial charge in [0, 0.05) is 48.4 Å². The largest absolute Gasteiger partial charge is 0.582 e. The van der Waals surface area contributed by atoms with Crippen LogP contribution in [0.1, 0.15) is 142 Å². The summed E-state index contributed by atoms with van der Waals surface area (Å²) < 4.78 is 5.13. The molecule has 2 N–H and O–H groups in total. The third-order valence-corrected chi connectivity index (χ3v) is 10.5. The molecule has 5 rings (SSSR count). The van der Waals surface area contributed by atoms with Crippen LogP contribution < -0.4 is 4.90 Å². The maximum atomic E-state index is 7.00. The zero-order chi connectivity index (χ0) is 33.3. The van der Waals surface area contributed by atoms with Crippen LogP contribution >= 0.6 is 0 Å². The molecule has 1 spiro atoms. The molecule has 2 fully saturated rings. The van der Waals surface area contributed by atoms with Crippen LogP contribution in [0.2, 0.25) is 0 Å². The van der Waals surface area contributed by atoms with Gasteiger partial charge in [0.05, 0.1) is 5.56 Å². The van der Waals surface area contributed by atoms with Crippen LogP contribution in [0, 0.1) is 0 Å². The maximum Gasteiger partial charge on any atom is 0.258 e. The van der Waals surface area contributed by atoms with Gasteiger partial charge in [0.2, 0.25) is 0 Å². The Kier molecular flexibility index (Phi) is 16.2. The quantitative estimate of drug-likeness (QED) is 0.136. The lowest BCUT2D eigenvalue weighted by Gasteiger charge is -2.39. The van der Waals surface area contributed by atoms with Gasteiger partial charge in [-0.2, -0.15) is 0 Å². The molecule has 0 aromatic heterocycles. The zero-order valence-corrected chi connectivity index (χ0v) is 30.1. The number of aliphatic hydroxyl groups excluding tert-OH is 1. The van der Waals surface area contributed by atoms with Crippen LogP contribution in [0.5, 0.6) is 5.75 Å². The molecule has 3 nitrogen and oxygen atoms in total. The van der Waals surface area contributed by atoms with E-state index in [9.17, 15) is 0 Å². The SMILES string of the molecule is C=C(/C=C/C=C1\N(CCCCC)c2ccccc2C12CCCCC2)C1(c2ccccc2[OH+]CCCCC)CCCCC1.CC.CO. The van der Waals surface area contributed by atoms with Gasteiger partial charge < -0.3 is 14.7 Å². The number of anilines is 1. The Balaban J connectivity index is 0.00000139. The monoisotopic (exact) mass is 629 g/mol. The van der Waals surface area contributed by atoms with Gasteiger partial charge >= 0.3 is 0 Å². The number of rotatable bonds is 13. The second kappa shape index (κ2) is 19.8. The molecular formula is C43H66NO2+. The Bertz CT molecular complexity index is 1230. The number of hydrogen-bond donors (Lipinski definition) is 1. The molecular weight excluding hydrogens is 562 g/mol. The number of aromatic hydroxyl groups is 1. The second-order valence-corrected chi connectivity index (χ2v) is 13.2. The first-order valence-electron chi connectivity index (χ1n) is 18.8. The Labute approximate surface area is 282 Å². The van der Waals surface area contributed by atoms with Crippen molar-refractivity contribution in [1.82, 2.24) is 0 Å². The summed E-state index contributed by atoms with van der Waals surface area (Å²) >= 11 is 0. The van der Waals surface area contributed by atoms with Gasteiger partial charge in [0.15, 0.2) is 6.61 Å². The first-order valence-corrected chi connectivity index (χ1v) is 18.8. The lowest BCUT2D eigenvalue weighted by molar-refractivity contribution is 0.0604. The van der Waals surface area contributed by atoms with Crippen molar-refractivity contribution >= 4 is 5.69 Å². The molecule has 0 radical (unpaired) electrons. The number of benzene rings is 2. The summed E-state index contributed by atoms with van der Waals surface area (Å²) in [5.74, 6) is 1.19. The van der Waals surface area contributed by atoms with Gasteiger partial charge in [-0.1, -0.05) is 135 Å². The van der Waals surface area contributed by atoms with Crippen molar-refractivity contribution < 1.29 is 9.84 Å². The van der Waals surface area contributed by atoms with E-state index in [1.165, 1.54) is 131 Å². The van der Waals surface area contributed by atoms with Crippen LogP contribution in [0.4, 0.5) is 5.69 Å². The summed E-state index contributed by atoms with van der Waals surface area (Å²) in [5.41, 5.74) is 7.38. The number of aliphatic hydroxyl groups is 2. The van der Waals surface area contributed by atoms with Gasteiger partial charge in [-0.3, -0.25) is 0 Å². The van der Waals surface area contributed by atoms with Crippen LogP contribution in [-0.4, -0.2) is 30.1 Å². The summed E-state index contributed by atoms with van der Waals surface area (Å²) in [7, 11) is 1.00. The fraction of sp³-hybridized carbons (Fsp3) is 0.581. The number of fused-ring (bicyclic) bond motifs is 2. The van der Waals surface area contributed by atoms with Crippen molar-refractivity contribution in [3.8, 4) is 5.75 Å². The van der Waals surface area contributed by atoms with E-state index in [0.29, 0.717) is 0 Å². The molecule has 0 amide bonds.